The third-order valence-electron chi connectivity index (χ3n) is 18.0. The maximum absolute atomic E-state index is 15.7. The predicted octanol–water partition coefficient (Wildman–Crippen LogP) is 7.78. The molecule has 1 aromatic carbocycles. The Balaban J connectivity index is 0.995. The molecule has 10 rings (SSSR count). The zero-order valence-corrected chi connectivity index (χ0v) is 41.9. The largest absolute Gasteiger partial charge is 0.463 e. The van der Waals surface area contributed by atoms with Crippen LogP contribution in [-0.4, -0.2) is 85.6 Å². The maximum Gasteiger partial charge on any atom is 0.350 e. The van der Waals surface area contributed by atoms with Crippen molar-refractivity contribution < 1.29 is 29.0 Å². The van der Waals surface area contributed by atoms with Gasteiger partial charge in [-0.2, -0.15) is 0 Å². The number of nitrogens with one attached hydrogen (secondary N) is 5. The molecule has 1 saturated carbocycles. The van der Waals surface area contributed by atoms with Crippen LogP contribution < -0.4 is 32.3 Å². The van der Waals surface area contributed by atoms with E-state index in [4.69, 9.17) is 15.2 Å². The summed E-state index contributed by atoms with van der Waals surface area (Å²) in [6, 6.07) is 5.55. The lowest BCUT2D eigenvalue weighted by atomic mass is 9.67. The summed E-state index contributed by atoms with van der Waals surface area (Å²) in [5.41, 5.74) is 9.74. The third kappa shape index (κ3) is 9.48. The van der Waals surface area contributed by atoms with Crippen LogP contribution in [0.4, 0.5) is 0 Å². The van der Waals surface area contributed by atoms with E-state index in [2.05, 4.69) is 63.9 Å². The third-order valence-corrected chi connectivity index (χ3v) is 18.0. The molecule has 9 atom stereocenters. The number of epoxide rings is 1. The van der Waals surface area contributed by atoms with Crippen molar-refractivity contribution in [1.82, 2.24) is 26.6 Å². The van der Waals surface area contributed by atoms with Crippen LogP contribution in [0.1, 0.15) is 149 Å². The number of hydrogen-bond acceptors (Lipinski definition) is 12. The number of carbonyl (C=O) groups is 3. The Bertz CT molecular complexity index is 2440. The van der Waals surface area contributed by atoms with Gasteiger partial charge in [0.25, 0.3) is 5.60 Å². The molecule has 1 saturated heterocycles. The number of rotatable bonds is 12. The fraction of sp³-hybridized carbons (Fsp3) is 0.603. The molecule has 70 heavy (non-hydrogen) atoms. The summed E-state index contributed by atoms with van der Waals surface area (Å²) in [4.78, 5) is 46.4. The van der Waals surface area contributed by atoms with Gasteiger partial charge in [-0.1, -0.05) is 93.2 Å². The molecule has 0 amide bonds. The predicted molar refractivity (Wildman–Crippen MR) is 273 cm³/mol. The summed E-state index contributed by atoms with van der Waals surface area (Å²) in [5.74, 6) is 0.808. The number of Topliss-reactive ketones (excluding diaryl/α,β-unsaturated/α-hetero) is 2. The minimum Gasteiger partial charge on any atom is -0.463 e. The number of esters is 1. The number of fused-ring (bicyclic) bond motifs is 1. The molecule has 2 fully saturated rings. The maximum atomic E-state index is 15.7. The normalized spacial score (nSPS) is 34.5. The molecule has 5 aliphatic heterocycles. The van der Waals surface area contributed by atoms with E-state index in [1.165, 1.54) is 48.8 Å². The number of aliphatic hydroxyl groups excluding tert-OH is 1. The van der Waals surface area contributed by atoms with Crippen LogP contribution in [0.3, 0.4) is 0 Å². The number of benzene rings is 1. The van der Waals surface area contributed by atoms with Gasteiger partial charge in [-0.25, -0.2) is 4.79 Å². The number of dihydropyridines is 2. The molecule has 376 valence electrons. The highest BCUT2D eigenvalue weighted by Gasteiger charge is 2.86. The van der Waals surface area contributed by atoms with Crippen LogP contribution in [-0.2, 0) is 20.7 Å². The topological polar surface area (TPSA) is 179 Å². The first-order valence-corrected chi connectivity index (χ1v) is 26.9. The zero-order chi connectivity index (χ0) is 48.6. The minimum atomic E-state index is -2.17. The van der Waals surface area contributed by atoms with E-state index in [-0.39, 0.29) is 60.5 Å². The quantitative estimate of drug-likeness (QED) is 0.0469. The molecule has 4 bridgehead atoms. The highest BCUT2D eigenvalue weighted by Crippen LogP contribution is 2.60. The van der Waals surface area contributed by atoms with Crippen molar-refractivity contribution in [1.29, 1.82) is 0 Å². The summed E-state index contributed by atoms with van der Waals surface area (Å²) >= 11 is 0. The first kappa shape index (κ1) is 49.0. The van der Waals surface area contributed by atoms with Gasteiger partial charge in [-0.05, 0) is 160 Å². The number of nitrogens with two attached hydrogens (primary N) is 1. The standard InChI is InChI=1S/C58H78N6O6/c1-36(18-20-40-24-26-61-54-45(40)21-23-50(60-3)64-54)44(34-65)31-57-52(66)46-17-10-16-42-30-56(2,29-38-19-22-49(59)63-33-38)25-8-7-13-39-14-9-15-41-28-48(62-32-37-11-5-4-6-12-37)43(27-47(39)41)35-69-55(68)58(57,70-57)53(67)51(42)46/h9-10,15-17,19,22,24,28,33,37,39,43,47-50,60-65H,4-8,11-14,18,20-21,23,25-27,29-32,34-35,59H2,1-3H3/b44-36-/t39-,43-,47-,48+,49?,50-,56+,57-,58-/m0/s1. The molecule has 1 unspecified atom stereocenters. The van der Waals surface area contributed by atoms with Gasteiger partial charge in [0.2, 0.25) is 5.78 Å². The Morgan fingerprint density at radius 3 is 2.66 bits per heavy atom. The average Bonchev–Trinajstić information content (AvgIpc) is 4.08. The molecule has 0 aromatic heterocycles. The summed E-state index contributed by atoms with van der Waals surface area (Å²) in [6.07, 6.45) is 32.2. The lowest BCUT2D eigenvalue weighted by Crippen LogP contribution is -2.52. The molecular weight excluding hydrogens is 877 g/mol. The molecule has 1 spiro atoms. The van der Waals surface area contributed by atoms with Crippen molar-refractivity contribution in [2.45, 2.75) is 159 Å². The SMILES string of the molecule is CN[C@@H]1CCC2=C(NCC=C2CC/C(C)=C(\CO)C[C@@]23O[C@@]24C(=O)OC[C@@H]2C[C@@H]5C(=C[C@H]2NCC2CCCCC2)C=CC[C@@H]5CCCC[C@](C)(CC2=CNC(N)C=C2)Cc2cccc(c2C4=O)C3=O)N1. The van der Waals surface area contributed by atoms with Gasteiger partial charge in [-0.3, -0.25) is 9.59 Å². The molecule has 4 aliphatic carbocycles. The number of carbonyl (C=O) groups excluding carboxylic acids is 3. The van der Waals surface area contributed by atoms with Crippen molar-refractivity contribution >= 4 is 17.5 Å². The van der Waals surface area contributed by atoms with E-state index in [0.717, 1.165) is 99.8 Å². The second-order valence-electron chi connectivity index (χ2n) is 22.7. The van der Waals surface area contributed by atoms with Crippen molar-refractivity contribution in [3.8, 4) is 0 Å². The van der Waals surface area contributed by atoms with E-state index in [1.807, 2.05) is 38.4 Å². The van der Waals surface area contributed by atoms with E-state index in [9.17, 15) is 5.11 Å². The van der Waals surface area contributed by atoms with Crippen molar-refractivity contribution in [2.75, 3.05) is 33.4 Å². The average molecular weight is 955 g/mol. The minimum absolute atomic E-state index is 0.000328. The number of ketones is 2. The highest BCUT2D eigenvalue weighted by atomic mass is 16.7. The monoisotopic (exact) mass is 955 g/mol. The van der Waals surface area contributed by atoms with E-state index in [1.54, 1.807) is 6.07 Å². The lowest BCUT2D eigenvalue weighted by Gasteiger charge is -2.41. The van der Waals surface area contributed by atoms with Gasteiger partial charge in [0, 0.05) is 42.3 Å². The number of ether oxygens (including phenoxy) is 2. The van der Waals surface area contributed by atoms with Gasteiger partial charge in [-0.15, -0.1) is 0 Å². The van der Waals surface area contributed by atoms with E-state index < -0.39 is 28.7 Å². The van der Waals surface area contributed by atoms with Gasteiger partial charge in [0.15, 0.2) is 11.4 Å². The van der Waals surface area contributed by atoms with Gasteiger partial charge in [0.1, 0.15) is 5.82 Å². The molecule has 12 heteroatoms. The molecule has 8 N–H and O–H groups in total. The Morgan fingerprint density at radius 1 is 1.01 bits per heavy atom. The van der Waals surface area contributed by atoms with Gasteiger partial charge < -0.3 is 46.9 Å². The number of aliphatic hydroxyl groups is 1. The van der Waals surface area contributed by atoms with Gasteiger partial charge >= 0.3 is 5.97 Å². The van der Waals surface area contributed by atoms with Gasteiger partial charge in [0.05, 0.1) is 25.5 Å². The Hall–Kier alpha value is -4.59. The fourth-order valence-corrected chi connectivity index (χ4v) is 13.8. The van der Waals surface area contributed by atoms with Crippen molar-refractivity contribution in [3.63, 3.8) is 0 Å². The number of hydrogen-bond donors (Lipinski definition) is 7. The smallest absolute Gasteiger partial charge is 0.350 e. The Kier molecular flexibility index (Phi) is 14.3. The molecule has 9 aliphatic rings. The summed E-state index contributed by atoms with van der Waals surface area (Å²) < 4.78 is 13.1. The summed E-state index contributed by atoms with van der Waals surface area (Å²) in [7, 11) is 1.96. The highest BCUT2D eigenvalue weighted by molar-refractivity contribution is 6.33. The fourth-order valence-electron chi connectivity index (χ4n) is 13.8. The van der Waals surface area contributed by atoms with Crippen LogP contribution in [0.25, 0.3) is 0 Å². The van der Waals surface area contributed by atoms with Crippen molar-refractivity contribution in [3.05, 3.63) is 117 Å². The summed E-state index contributed by atoms with van der Waals surface area (Å²) in [6.45, 7) is 5.71. The first-order chi connectivity index (χ1) is 33.9. The number of cyclic esters (lactones) is 1. The second kappa shape index (κ2) is 20.5. The van der Waals surface area contributed by atoms with Crippen LogP contribution in [0, 0.1) is 29.1 Å². The lowest BCUT2D eigenvalue weighted by molar-refractivity contribution is -0.150. The summed E-state index contributed by atoms with van der Waals surface area (Å²) in [5, 5.41) is 28.7. The van der Waals surface area contributed by atoms with Crippen LogP contribution in [0.2, 0.25) is 0 Å². The van der Waals surface area contributed by atoms with Crippen molar-refractivity contribution in [2.24, 2.45) is 34.8 Å². The van der Waals surface area contributed by atoms with E-state index in [0.29, 0.717) is 36.2 Å². The van der Waals surface area contributed by atoms with E-state index >= 15 is 14.4 Å². The molecule has 0 radical (unpaired) electrons. The Labute approximate surface area is 415 Å². The Morgan fingerprint density at radius 2 is 1.86 bits per heavy atom. The first-order valence-electron chi connectivity index (χ1n) is 26.9. The van der Waals surface area contributed by atoms with Crippen LogP contribution in [0.15, 0.2) is 100 Å². The zero-order valence-electron chi connectivity index (χ0n) is 41.9. The second-order valence-corrected chi connectivity index (χ2v) is 22.7. The molecular formula is C58H78N6O6. The molecule has 12 nitrogen and oxygen atoms in total. The van der Waals surface area contributed by atoms with Crippen LogP contribution in [0.5, 0.6) is 0 Å². The van der Waals surface area contributed by atoms with Crippen LogP contribution >= 0.6 is 0 Å². The molecule has 5 heterocycles. The number of allylic oxidation sites excluding steroid dienone is 8. The molecule has 1 aromatic rings.